The summed E-state index contributed by atoms with van der Waals surface area (Å²) in [7, 11) is 1.89. The van der Waals surface area contributed by atoms with Crippen LogP contribution in [0.15, 0.2) is 27.1 Å². The normalized spacial score (nSPS) is 10.7. The number of aromatic nitrogens is 2. The van der Waals surface area contributed by atoms with E-state index in [1.807, 2.05) is 32.2 Å². The van der Waals surface area contributed by atoms with E-state index >= 15 is 0 Å². The molecule has 1 aromatic heterocycles. The van der Waals surface area contributed by atoms with E-state index in [9.17, 15) is 0 Å². The fourth-order valence-electron chi connectivity index (χ4n) is 1.63. The fraction of sp³-hybridized carbons (Fsp3) is 0.250. The first-order valence-corrected chi connectivity index (χ1v) is 6.93. The smallest absolute Gasteiger partial charge is 0.142 e. The van der Waals surface area contributed by atoms with E-state index in [-0.39, 0.29) is 0 Å². The zero-order valence-corrected chi connectivity index (χ0v) is 13.2. The second-order valence-electron chi connectivity index (χ2n) is 3.94. The maximum absolute atomic E-state index is 5.88. The van der Waals surface area contributed by atoms with Crippen molar-refractivity contribution in [2.45, 2.75) is 13.5 Å². The molecular weight excluding hydrogens is 362 g/mol. The fourth-order valence-corrected chi connectivity index (χ4v) is 2.46. The highest BCUT2D eigenvalue weighted by Crippen LogP contribution is 2.27. The van der Waals surface area contributed by atoms with E-state index in [1.54, 1.807) is 4.68 Å². The molecule has 2 N–H and O–H groups in total. The monoisotopic (exact) mass is 373 g/mol. The van der Waals surface area contributed by atoms with Crippen molar-refractivity contribution >= 4 is 37.5 Å². The van der Waals surface area contributed by atoms with E-state index in [4.69, 9.17) is 10.5 Å². The molecule has 2 rings (SSSR count). The summed E-state index contributed by atoms with van der Waals surface area (Å²) in [5.41, 5.74) is 8.41. The van der Waals surface area contributed by atoms with Gasteiger partial charge in [0.15, 0.2) is 0 Å². The molecule has 0 atom stereocenters. The van der Waals surface area contributed by atoms with E-state index in [1.165, 1.54) is 0 Å². The molecule has 0 saturated carbocycles. The quantitative estimate of drug-likeness (QED) is 0.837. The lowest BCUT2D eigenvalue weighted by Crippen LogP contribution is -2.04. The molecule has 18 heavy (non-hydrogen) atoms. The van der Waals surface area contributed by atoms with Crippen LogP contribution in [0.4, 0.5) is 5.69 Å². The lowest BCUT2D eigenvalue weighted by atomic mass is 10.3. The summed E-state index contributed by atoms with van der Waals surface area (Å²) in [5.74, 6) is 0.670. The molecule has 1 aromatic carbocycles. The van der Waals surface area contributed by atoms with Gasteiger partial charge in [0.25, 0.3) is 0 Å². The van der Waals surface area contributed by atoms with Crippen molar-refractivity contribution in [3.05, 3.63) is 38.5 Å². The molecular formula is C12H13Br2N3O. The van der Waals surface area contributed by atoms with Crippen molar-refractivity contribution in [1.82, 2.24) is 9.78 Å². The van der Waals surface area contributed by atoms with Crippen LogP contribution in [0.3, 0.4) is 0 Å². The number of benzene rings is 1. The number of nitrogens with zero attached hydrogens (tertiary/aromatic N) is 2. The Balaban J connectivity index is 2.16. The minimum Gasteiger partial charge on any atom is -0.485 e. The number of hydrogen-bond acceptors (Lipinski definition) is 3. The van der Waals surface area contributed by atoms with E-state index in [0.717, 1.165) is 20.3 Å². The van der Waals surface area contributed by atoms with Crippen LogP contribution >= 0.6 is 31.9 Å². The van der Waals surface area contributed by atoms with Gasteiger partial charge in [0, 0.05) is 11.5 Å². The Labute approximate surface area is 122 Å². The van der Waals surface area contributed by atoms with E-state index in [2.05, 4.69) is 37.0 Å². The molecule has 0 spiro atoms. The Kier molecular flexibility index (Phi) is 3.97. The van der Waals surface area contributed by atoms with Gasteiger partial charge < -0.3 is 10.5 Å². The second-order valence-corrected chi connectivity index (χ2v) is 5.65. The van der Waals surface area contributed by atoms with Gasteiger partial charge in [0.1, 0.15) is 12.4 Å². The van der Waals surface area contributed by atoms with Gasteiger partial charge in [-0.25, -0.2) is 0 Å². The third-order valence-electron chi connectivity index (χ3n) is 2.60. The number of aryl methyl sites for hydroxylation is 2. The molecule has 0 fully saturated rings. The lowest BCUT2D eigenvalue weighted by molar-refractivity contribution is 0.295. The number of hydrogen-bond donors (Lipinski definition) is 1. The number of ether oxygens (including phenoxy) is 1. The molecule has 4 nitrogen and oxygen atoms in total. The Bertz CT molecular complexity index is 581. The number of anilines is 1. The SMILES string of the molecule is Cc1nn(C)c(COc2ccc(Br)cc2N)c1Br. The molecule has 0 bridgehead atoms. The molecule has 0 aliphatic rings. The van der Waals surface area contributed by atoms with Crippen LogP contribution in [-0.2, 0) is 13.7 Å². The third kappa shape index (κ3) is 2.70. The first-order valence-electron chi connectivity index (χ1n) is 5.35. The zero-order chi connectivity index (χ0) is 13.3. The number of halogens is 2. The first kappa shape index (κ1) is 13.4. The lowest BCUT2D eigenvalue weighted by Gasteiger charge is -2.09. The largest absolute Gasteiger partial charge is 0.485 e. The highest BCUT2D eigenvalue weighted by molar-refractivity contribution is 9.10. The average molecular weight is 375 g/mol. The summed E-state index contributed by atoms with van der Waals surface area (Å²) in [5, 5.41) is 4.31. The highest BCUT2D eigenvalue weighted by Gasteiger charge is 2.11. The van der Waals surface area contributed by atoms with Gasteiger partial charge in [-0.3, -0.25) is 4.68 Å². The standard InChI is InChI=1S/C12H13Br2N3O/c1-7-12(14)10(17(2)16-7)6-18-11-4-3-8(13)5-9(11)15/h3-5H,6,15H2,1-2H3. The van der Waals surface area contributed by atoms with Crippen molar-refractivity contribution in [3.8, 4) is 5.75 Å². The molecule has 96 valence electrons. The Morgan fingerprint density at radius 1 is 1.39 bits per heavy atom. The van der Waals surface area contributed by atoms with E-state index < -0.39 is 0 Å². The van der Waals surface area contributed by atoms with Gasteiger partial charge in [-0.2, -0.15) is 5.10 Å². The van der Waals surface area contributed by atoms with Gasteiger partial charge in [-0.15, -0.1) is 0 Å². The van der Waals surface area contributed by atoms with E-state index in [0.29, 0.717) is 18.0 Å². The summed E-state index contributed by atoms with van der Waals surface area (Å²) in [6, 6.07) is 5.56. The molecule has 0 radical (unpaired) electrons. The van der Waals surface area contributed by atoms with Crippen molar-refractivity contribution in [1.29, 1.82) is 0 Å². The van der Waals surface area contributed by atoms with Gasteiger partial charge in [-0.1, -0.05) is 15.9 Å². The van der Waals surface area contributed by atoms with Crippen LogP contribution in [-0.4, -0.2) is 9.78 Å². The minimum atomic E-state index is 0.420. The third-order valence-corrected chi connectivity index (χ3v) is 4.12. The average Bonchev–Trinajstić information content (AvgIpc) is 2.53. The Morgan fingerprint density at radius 2 is 2.11 bits per heavy atom. The first-order chi connectivity index (χ1) is 8.49. The van der Waals surface area contributed by atoms with Gasteiger partial charge in [-0.05, 0) is 41.1 Å². The number of nitrogens with two attached hydrogens (primary N) is 1. The predicted molar refractivity (Wildman–Crippen MR) is 78.5 cm³/mol. The Hall–Kier alpha value is -1.01. The summed E-state index contributed by atoms with van der Waals surface area (Å²) < 4.78 is 9.42. The molecule has 0 aliphatic heterocycles. The van der Waals surface area contributed by atoms with Crippen LogP contribution in [0.1, 0.15) is 11.4 Å². The molecule has 0 aliphatic carbocycles. The molecule has 1 heterocycles. The summed E-state index contributed by atoms with van der Waals surface area (Å²) >= 11 is 6.86. The number of rotatable bonds is 3. The van der Waals surface area contributed by atoms with Gasteiger partial charge in [0.05, 0.1) is 21.5 Å². The maximum Gasteiger partial charge on any atom is 0.142 e. The van der Waals surface area contributed by atoms with Gasteiger partial charge in [0.2, 0.25) is 0 Å². The molecule has 0 saturated heterocycles. The van der Waals surface area contributed by atoms with Crippen molar-refractivity contribution in [3.63, 3.8) is 0 Å². The van der Waals surface area contributed by atoms with Crippen molar-refractivity contribution in [2.75, 3.05) is 5.73 Å². The molecule has 0 unspecified atom stereocenters. The Morgan fingerprint density at radius 3 is 2.67 bits per heavy atom. The van der Waals surface area contributed by atoms with Crippen LogP contribution in [0.25, 0.3) is 0 Å². The van der Waals surface area contributed by atoms with Crippen LogP contribution < -0.4 is 10.5 Å². The summed E-state index contributed by atoms with van der Waals surface area (Å²) in [6.45, 7) is 2.37. The highest BCUT2D eigenvalue weighted by atomic mass is 79.9. The van der Waals surface area contributed by atoms with Crippen molar-refractivity contribution in [2.24, 2.45) is 7.05 Å². The van der Waals surface area contributed by atoms with Gasteiger partial charge >= 0.3 is 0 Å². The van der Waals surface area contributed by atoms with Crippen LogP contribution in [0.2, 0.25) is 0 Å². The second kappa shape index (κ2) is 5.32. The topological polar surface area (TPSA) is 53.1 Å². The summed E-state index contributed by atoms with van der Waals surface area (Å²) in [6.07, 6.45) is 0. The number of nitrogen functional groups attached to an aromatic ring is 1. The maximum atomic E-state index is 5.88. The zero-order valence-electron chi connectivity index (χ0n) is 10.1. The predicted octanol–water partition coefficient (Wildman–Crippen LogP) is 3.41. The van der Waals surface area contributed by atoms with Crippen LogP contribution in [0.5, 0.6) is 5.75 Å². The molecule has 2 aromatic rings. The molecule has 6 heteroatoms. The minimum absolute atomic E-state index is 0.420. The summed E-state index contributed by atoms with van der Waals surface area (Å²) in [4.78, 5) is 0. The molecule has 0 amide bonds. The van der Waals surface area contributed by atoms with Crippen molar-refractivity contribution < 1.29 is 4.74 Å². The van der Waals surface area contributed by atoms with Crippen LogP contribution in [0, 0.1) is 6.92 Å².